The molecule has 0 aliphatic heterocycles. The standard InChI is InChI=1S/C17H24O/c1-17-9-5-3-4-6-13(12-17)10-14-7-8-15(18-2)11-16(14)17/h7-8,11,13H,3-6,9-10,12H2,1-2H3/t13-,17-/m0/s1. The Labute approximate surface area is 111 Å². The minimum atomic E-state index is 0.396. The van der Waals surface area contributed by atoms with Crippen molar-refractivity contribution in [2.24, 2.45) is 5.92 Å². The molecule has 2 aliphatic rings. The highest BCUT2D eigenvalue weighted by molar-refractivity contribution is 5.42. The molecule has 0 saturated heterocycles. The smallest absolute Gasteiger partial charge is 0.119 e. The van der Waals surface area contributed by atoms with Crippen molar-refractivity contribution < 1.29 is 4.74 Å². The third-order valence-corrected chi connectivity index (χ3v) is 5.06. The lowest BCUT2D eigenvalue weighted by atomic mass is 9.63. The van der Waals surface area contributed by atoms with Crippen molar-refractivity contribution in [1.29, 1.82) is 0 Å². The molecule has 1 heteroatoms. The molecule has 18 heavy (non-hydrogen) atoms. The summed E-state index contributed by atoms with van der Waals surface area (Å²) in [5.74, 6) is 1.94. The average molecular weight is 244 g/mol. The van der Waals surface area contributed by atoms with Gasteiger partial charge in [-0.1, -0.05) is 38.7 Å². The second-order valence-corrected chi connectivity index (χ2v) is 6.46. The van der Waals surface area contributed by atoms with Crippen LogP contribution in [0.2, 0.25) is 0 Å². The zero-order valence-electron chi connectivity index (χ0n) is 11.7. The SMILES string of the molecule is COc1ccc2c(c1)[C@@]1(C)CCCCC[C@@H](C2)C1. The van der Waals surface area contributed by atoms with Gasteiger partial charge in [-0.05, 0) is 53.9 Å². The van der Waals surface area contributed by atoms with E-state index in [2.05, 4.69) is 25.1 Å². The van der Waals surface area contributed by atoms with Gasteiger partial charge in [-0.25, -0.2) is 0 Å². The minimum Gasteiger partial charge on any atom is -0.497 e. The van der Waals surface area contributed by atoms with E-state index in [4.69, 9.17) is 4.74 Å². The summed E-state index contributed by atoms with van der Waals surface area (Å²) >= 11 is 0. The van der Waals surface area contributed by atoms with Gasteiger partial charge >= 0.3 is 0 Å². The van der Waals surface area contributed by atoms with Gasteiger partial charge in [-0.3, -0.25) is 0 Å². The first kappa shape index (κ1) is 12.1. The van der Waals surface area contributed by atoms with Crippen molar-refractivity contribution in [3.63, 3.8) is 0 Å². The molecule has 98 valence electrons. The highest BCUT2D eigenvalue weighted by Gasteiger charge is 2.37. The van der Waals surface area contributed by atoms with E-state index in [-0.39, 0.29) is 0 Å². The summed E-state index contributed by atoms with van der Waals surface area (Å²) in [6.07, 6.45) is 9.70. The second kappa shape index (κ2) is 4.60. The van der Waals surface area contributed by atoms with Crippen LogP contribution < -0.4 is 4.74 Å². The van der Waals surface area contributed by atoms with Gasteiger partial charge in [0, 0.05) is 0 Å². The van der Waals surface area contributed by atoms with E-state index in [1.165, 1.54) is 44.9 Å². The molecule has 3 rings (SSSR count). The monoisotopic (exact) mass is 244 g/mol. The Morgan fingerprint density at radius 1 is 1.22 bits per heavy atom. The number of hydrogen-bond acceptors (Lipinski definition) is 1. The van der Waals surface area contributed by atoms with E-state index in [0.29, 0.717) is 5.41 Å². The molecule has 0 radical (unpaired) electrons. The molecule has 1 fully saturated rings. The number of ether oxygens (including phenoxy) is 1. The van der Waals surface area contributed by atoms with Crippen LogP contribution in [0.25, 0.3) is 0 Å². The second-order valence-electron chi connectivity index (χ2n) is 6.46. The average Bonchev–Trinajstić information content (AvgIpc) is 2.36. The van der Waals surface area contributed by atoms with Crippen LogP contribution in [0.5, 0.6) is 5.75 Å². The first-order valence-corrected chi connectivity index (χ1v) is 7.39. The molecule has 1 aromatic carbocycles. The van der Waals surface area contributed by atoms with Gasteiger partial charge in [-0.15, -0.1) is 0 Å². The van der Waals surface area contributed by atoms with Gasteiger partial charge in [0.05, 0.1) is 7.11 Å². The third kappa shape index (κ3) is 2.04. The molecule has 0 heterocycles. The Kier molecular flexibility index (Phi) is 3.09. The zero-order valence-corrected chi connectivity index (χ0v) is 11.7. The lowest BCUT2D eigenvalue weighted by molar-refractivity contribution is 0.245. The van der Waals surface area contributed by atoms with Crippen LogP contribution in [0.3, 0.4) is 0 Å². The predicted molar refractivity (Wildman–Crippen MR) is 75.2 cm³/mol. The Morgan fingerprint density at radius 2 is 2.11 bits per heavy atom. The lowest BCUT2D eigenvalue weighted by Gasteiger charge is -2.42. The number of fused-ring (bicyclic) bond motifs is 4. The van der Waals surface area contributed by atoms with Crippen molar-refractivity contribution in [3.8, 4) is 5.75 Å². The fraction of sp³-hybridized carbons (Fsp3) is 0.647. The number of rotatable bonds is 1. The predicted octanol–water partition coefficient (Wildman–Crippen LogP) is 4.48. The van der Waals surface area contributed by atoms with Crippen LogP contribution in [-0.4, -0.2) is 7.11 Å². The van der Waals surface area contributed by atoms with E-state index < -0.39 is 0 Å². The summed E-state index contributed by atoms with van der Waals surface area (Å²) in [6.45, 7) is 2.47. The maximum atomic E-state index is 5.42. The van der Waals surface area contributed by atoms with Gasteiger partial charge in [0.2, 0.25) is 0 Å². The summed E-state index contributed by atoms with van der Waals surface area (Å²) in [5.41, 5.74) is 3.55. The maximum absolute atomic E-state index is 5.42. The topological polar surface area (TPSA) is 9.23 Å². The van der Waals surface area contributed by atoms with Crippen LogP contribution in [-0.2, 0) is 11.8 Å². The molecule has 0 amide bonds. The summed E-state index contributed by atoms with van der Waals surface area (Å²) < 4.78 is 5.42. The molecule has 0 aromatic heterocycles. The van der Waals surface area contributed by atoms with Crippen molar-refractivity contribution in [1.82, 2.24) is 0 Å². The zero-order chi connectivity index (χ0) is 12.6. The molecule has 2 atom stereocenters. The van der Waals surface area contributed by atoms with Gasteiger partial charge in [-0.2, -0.15) is 0 Å². The molecular weight excluding hydrogens is 220 g/mol. The molecule has 0 spiro atoms. The Morgan fingerprint density at radius 3 is 2.94 bits per heavy atom. The number of hydrogen-bond donors (Lipinski definition) is 0. The Balaban J connectivity index is 2.03. The molecule has 2 bridgehead atoms. The Bertz CT molecular complexity index is 437. The third-order valence-electron chi connectivity index (χ3n) is 5.06. The quantitative estimate of drug-likeness (QED) is 0.707. The highest BCUT2D eigenvalue weighted by atomic mass is 16.5. The van der Waals surface area contributed by atoms with Crippen LogP contribution in [0, 0.1) is 5.92 Å². The van der Waals surface area contributed by atoms with E-state index >= 15 is 0 Å². The van der Waals surface area contributed by atoms with E-state index in [0.717, 1.165) is 11.7 Å². The molecule has 1 nitrogen and oxygen atoms in total. The van der Waals surface area contributed by atoms with E-state index in [1.807, 2.05) is 0 Å². The van der Waals surface area contributed by atoms with Gasteiger partial charge < -0.3 is 4.74 Å². The van der Waals surface area contributed by atoms with E-state index in [9.17, 15) is 0 Å². The van der Waals surface area contributed by atoms with Crippen molar-refractivity contribution in [2.45, 2.75) is 57.3 Å². The normalized spacial score (nSPS) is 31.1. The maximum Gasteiger partial charge on any atom is 0.119 e. The molecule has 0 N–H and O–H groups in total. The van der Waals surface area contributed by atoms with Crippen LogP contribution in [0.15, 0.2) is 18.2 Å². The van der Waals surface area contributed by atoms with Crippen molar-refractivity contribution in [2.75, 3.05) is 7.11 Å². The lowest BCUT2D eigenvalue weighted by Crippen LogP contribution is -2.33. The largest absolute Gasteiger partial charge is 0.497 e. The first-order chi connectivity index (χ1) is 8.71. The number of methoxy groups -OCH3 is 1. The molecule has 2 aliphatic carbocycles. The summed E-state index contributed by atoms with van der Waals surface area (Å²) in [4.78, 5) is 0. The van der Waals surface area contributed by atoms with Crippen LogP contribution >= 0.6 is 0 Å². The number of benzene rings is 1. The highest BCUT2D eigenvalue weighted by Crippen LogP contribution is 2.46. The molecule has 0 unspecified atom stereocenters. The minimum absolute atomic E-state index is 0.396. The molecule has 1 saturated carbocycles. The van der Waals surface area contributed by atoms with Gasteiger partial charge in [0.15, 0.2) is 0 Å². The van der Waals surface area contributed by atoms with E-state index in [1.54, 1.807) is 18.2 Å². The van der Waals surface area contributed by atoms with Crippen LogP contribution in [0.1, 0.15) is 56.6 Å². The van der Waals surface area contributed by atoms with Crippen molar-refractivity contribution in [3.05, 3.63) is 29.3 Å². The summed E-state index contributed by atoms with van der Waals surface area (Å²) in [7, 11) is 1.77. The summed E-state index contributed by atoms with van der Waals surface area (Å²) in [6, 6.07) is 6.74. The van der Waals surface area contributed by atoms with Crippen molar-refractivity contribution >= 4 is 0 Å². The fourth-order valence-corrected chi connectivity index (χ4v) is 4.12. The Hall–Kier alpha value is -0.980. The fourth-order valence-electron chi connectivity index (χ4n) is 4.12. The first-order valence-electron chi connectivity index (χ1n) is 7.39. The van der Waals surface area contributed by atoms with Gasteiger partial charge in [0.1, 0.15) is 5.75 Å². The molecular formula is C17H24O. The van der Waals surface area contributed by atoms with Gasteiger partial charge in [0.25, 0.3) is 0 Å². The molecule has 1 aromatic rings. The van der Waals surface area contributed by atoms with Crippen LogP contribution in [0.4, 0.5) is 0 Å². The summed E-state index contributed by atoms with van der Waals surface area (Å²) in [5, 5.41) is 0.